The Morgan fingerprint density at radius 2 is 1.71 bits per heavy atom. The van der Waals surface area contributed by atoms with Gasteiger partial charge in [-0.3, -0.25) is 0 Å². The molecular weight excluding hydrogens is 330 g/mol. The highest BCUT2D eigenvalue weighted by atomic mass is 79.9. The molecule has 1 N–H and O–H groups in total. The van der Waals surface area contributed by atoms with E-state index in [2.05, 4.69) is 55.0 Å². The Bertz CT molecular complexity index is 512. The van der Waals surface area contributed by atoms with Crippen molar-refractivity contribution < 1.29 is 9.47 Å². The largest absolute Gasteiger partial charge is 0.493 e. The van der Waals surface area contributed by atoms with Gasteiger partial charge in [-0.25, -0.2) is 0 Å². The molecule has 0 atom stereocenters. The highest BCUT2D eigenvalue weighted by Crippen LogP contribution is 2.67. The van der Waals surface area contributed by atoms with Gasteiger partial charge in [0.1, 0.15) is 0 Å². The second kappa shape index (κ2) is 5.81. The molecule has 4 heteroatoms. The number of halogens is 1. The molecule has 1 saturated carbocycles. The van der Waals surface area contributed by atoms with Crippen molar-refractivity contribution in [2.45, 2.75) is 34.2 Å². The molecule has 3 nitrogen and oxygen atoms in total. The van der Waals surface area contributed by atoms with Crippen molar-refractivity contribution in [2.24, 2.45) is 16.7 Å². The summed E-state index contributed by atoms with van der Waals surface area (Å²) in [6.45, 7) is 11.3. The van der Waals surface area contributed by atoms with E-state index in [-0.39, 0.29) is 0 Å². The van der Waals surface area contributed by atoms with Crippen molar-refractivity contribution in [3.63, 3.8) is 0 Å². The molecule has 21 heavy (non-hydrogen) atoms. The van der Waals surface area contributed by atoms with Crippen LogP contribution in [-0.2, 0) is 6.54 Å². The van der Waals surface area contributed by atoms with Crippen LogP contribution < -0.4 is 14.8 Å². The minimum Gasteiger partial charge on any atom is -0.493 e. The van der Waals surface area contributed by atoms with Crippen LogP contribution in [0.25, 0.3) is 0 Å². The van der Waals surface area contributed by atoms with E-state index in [9.17, 15) is 0 Å². The van der Waals surface area contributed by atoms with Crippen LogP contribution in [0, 0.1) is 16.7 Å². The van der Waals surface area contributed by atoms with Crippen LogP contribution in [0.4, 0.5) is 0 Å². The number of nitrogens with one attached hydrogen (secondary N) is 1. The van der Waals surface area contributed by atoms with Crippen molar-refractivity contribution in [2.75, 3.05) is 20.8 Å². The normalized spacial score (nSPS) is 19.4. The third kappa shape index (κ3) is 2.93. The van der Waals surface area contributed by atoms with Gasteiger partial charge < -0.3 is 14.8 Å². The molecular formula is C17H26BrNO2. The van der Waals surface area contributed by atoms with Gasteiger partial charge in [0.05, 0.1) is 18.7 Å². The summed E-state index contributed by atoms with van der Waals surface area (Å²) in [5.41, 5.74) is 2.05. The lowest BCUT2D eigenvalue weighted by Gasteiger charge is -2.13. The molecule has 1 aliphatic carbocycles. The highest BCUT2D eigenvalue weighted by Gasteiger charge is 2.63. The summed E-state index contributed by atoms with van der Waals surface area (Å²) >= 11 is 3.54. The third-order valence-electron chi connectivity index (χ3n) is 5.49. The second-order valence-electron chi connectivity index (χ2n) is 6.94. The van der Waals surface area contributed by atoms with E-state index >= 15 is 0 Å². The number of methoxy groups -OCH3 is 2. The van der Waals surface area contributed by atoms with Crippen LogP contribution in [0.2, 0.25) is 0 Å². The van der Waals surface area contributed by atoms with Crippen molar-refractivity contribution in [3.05, 3.63) is 22.2 Å². The molecule has 0 amide bonds. The van der Waals surface area contributed by atoms with Gasteiger partial charge in [-0.2, -0.15) is 0 Å². The summed E-state index contributed by atoms with van der Waals surface area (Å²) in [7, 11) is 3.31. The summed E-state index contributed by atoms with van der Waals surface area (Å²) < 4.78 is 11.6. The molecule has 0 saturated heterocycles. The van der Waals surface area contributed by atoms with Gasteiger partial charge in [0.15, 0.2) is 11.5 Å². The first kappa shape index (κ1) is 16.6. The topological polar surface area (TPSA) is 30.5 Å². The maximum absolute atomic E-state index is 5.38. The van der Waals surface area contributed by atoms with Crippen molar-refractivity contribution in [3.8, 4) is 11.5 Å². The first-order valence-electron chi connectivity index (χ1n) is 7.36. The molecule has 0 heterocycles. The molecule has 0 aromatic heterocycles. The van der Waals surface area contributed by atoms with Crippen LogP contribution in [0.5, 0.6) is 11.5 Å². The molecule has 1 aliphatic rings. The van der Waals surface area contributed by atoms with Crippen molar-refractivity contribution >= 4 is 15.9 Å². The fraction of sp³-hybridized carbons (Fsp3) is 0.647. The summed E-state index contributed by atoms with van der Waals surface area (Å²) in [6.07, 6.45) is 0. The average Bonchev–Trinajstić information content (AvgIpc) is 2.80. The molecule has 0 unspecified atom stereocenters. The molecule has 118 valence electrons. The predicted octanol–water partition coefficient (Wildman–Crippen LogP) is 4.24. The van der Waals surface area contributed by atoms with E-state index in [0.29, 0.717) is 10.8 Å². The lowest BCUT2D eigenvalue weighted by molar-refractivity contribution is 0.352. The van der Waals surface area contributed by atoms with Gasteiger partial charge in [0, 0.05) is 6.54 Å². The number of hydrogen-bond acceptors (Lipinski definition) is 3. The van der Waals surface area contributed by atoms with Crippen LogP contribution in [0.15, 0.2) is 16.6 Å². The molecule has 1 aromatic rings. The monoisotopic (exact) mass is 355 g/mol. The molecule has 1 fully saturated rings. The second-order valence-corrected chi connectivity index (χ2v) is 7.79. The number of hydrogen-bond donors (Lipinski definition) is 1. The summed E-state index contributed by atoms with van der Waals surface area (Å²) in [6, 6.07) is 4.11. The predicted molar refractivity (Wildman–Crippen MR) is 90.0 cm³/mol. The minimum atomic E-state index is 0.429. The first-order valence-corrected chi connectivity index (χ1v) is 8.16. The Morgan fingerprint density at radius 1 is 1.10 bits per heavy atom. The van der Waals surface area contributed by atoms with Crippen LogP contribution >= 0.6 is 15.9 Å². The minimum absolute atomic E-state index is 0.429. The van der Waals surface area contributed by atoms with E-state index in [4.69, 9.17) is 9.47 Å². The zero-order valence-corrected chi connectivity index (χ0v) is 15.4. The molecule has 0 aliphatic heterocycles. The third-order valence-corrected chi connectivity index (χ3v) is 6.08. The summed E-state index contributed by atoms with van der Waals surface area (Å²) in [4.78, 5) is 0. The smallest absolute Gasteiger partial charge is 0.174 e. The molecule has 2 rings (SSSR count). The van der Waals surface area contributed by atoms with E-state index in [1.807, 2.05) is 6.07 Å². The summed E-state index contributed by atoms with van der Waals surface area (Å²) in [5, 5.41) is 3.57. The maximum Gasteiger partial charge on any atom is 0.174 e. The molecule has 1 aromatic carbocycles. The van der Waals surface area contributed by atoms with E-state index in [0.717, 1.165) is 35.0 Å². The molecule has 0 spiro atoms. The Balaban J connectivity index is 1.97. The van der Waals surface area contributed by atoms with Gasteiger partial charge in [0.25, 0.3) is 0 Å². The Labute approximate surface area is 136 Å². The zero-order valence-electron chi connectivity index (χ0n) is 13.8. The highest BCUT2D eigenvalue weighted by molar-refractivity contribution is 9.10. The van der Waals surface area contributed by atoms with Crippen LogP contribution in [-0.4, -0.2) is 20.8 Å². The van der Waals surface area contributed by atoms with Crippen molar-refractivity contribution in [1.82, 2.24) is 5.32 Å². The number of rotatable bonds is 6. The molecule has 0 radical (unpaired) electrons. The quantitative estimate of drug-likeness (QED) is 0.827. The van der Waals surface area contributed by atoms with Gasteiger partial charge in [-0.05, 0) is 56.9 Å². The fourth-order valence-electron chi connectivity index (χ4n) is 3.28. The Kier molecular flexibility index (Phi) is 4.60. The van der Waals surface area contributed by atoms with E-state index < -0.39 is 0 Å². The lowest BCUT2D eigenvalue weighted by Crippen LogP contribution is -2.19. The average molecular weight is 356 g/mol. The van der Waals surface area contributed by atoms with Gasteiger partial charge in [0.2, 0.25) is 0 Å². The maximum atomic E-state index is 5.38. The fourth-order valence-corrected chi connectivity index (χ4v) is 3.93. The number of benzene rings is 1. The van der Waals surface area contributed by atoms with E-state index in [1.54, 1.807) is 14.2 Å². The Morgan fingerprint density at radius 3 is 2.19 bits per heavy atom. The van der Waals surface area contributed by atoms with E-state index in [1.165, 1.54) is 5.56 Å². The van der Waals surface area contributed by atoms with Crippen LogP contribution in [0.1, 0.15) is 33.3 Å². The SMILES string of the molecule is COc1cc(CNCC2C(C)(C)C2(C)C)cc(Br)c1OC. The van der Waals surface area contributed by atoms with Gasteiger partial charge in [-0.15, -0.1) is 0 Å². The lowest BCUT2D eigenvalue weighted by atomic mass is 10.0. The van der Waals surface area contributed by atoms with Crippen LogP contribution in [0.3, 0.4) is 0 Å². The summed E-state index contributed by atoms with van der Waals surface area (Å²) in [5.74, 6) is 2.23. The number of ether oxygens (including phenoxy) is 2. The Hall–Kier alpha value is -0.740. The van der Waals surface area contributed by atoms with Crippen molar-refractivity contribution in [1.29, 1.82) is 0 Å². The van der Waals surface area contributed by atoms with Gasteiger partial charge in [-0.1, -0.05) is 27.7 Å². The standard InChI is InChI=1S/C17H26BrNO2/c1-16(2)14(17(16,3)4)10-19-9-11-7-12(18)15(21-6)13(8-11)20-5/h7-8,14,19H,9-10H2,1-6H3. The van der Waals surface area contributed by atoms with Gasteiger partial charge >= 0.3 is 0 Å². The zero-order chi connectivity index (χ0) is 15.8. The first-order chi connectivity index (χ1) is 9.75. The molecule has 0 bridgehead atoms.